The fourth-order valence-electron chi connectivity index (χ4n) is 7.94. The highest BCUT2D eigenvalue weighted by molar-refractivity contribution is 6.38. The Morgan fingerprint density at radius 1 is 0.948 bits per heavy atom. The summed E-state index contributed by atoms with van der Waals surface area (Å²) in [5.41, 5.74) is -1.15. The van der Waals surface area contributed by atoms with E-state index in [4.69, 9.17) is 9.47 Å². The van der Waals surface area contributed by atoms with Crippen LogP contribution in [0.1, 0.15) is 97.6 Å². The molecule has 1 aromatic rings. The number of carbonyl (C=O) groups is 7. The monoisotopic (exact) mass is 822 g/mol. The summed E-state index contributed by atoms with van der Waals surface area (Å²) in [6.07, 6.45) is -4.70. The van der Waals surface area contributed by atoms with E-state index in [1.807, 2.05) is 0 Å². The van der Waals surface area contributed by atoms with E-state index in [2.05, 4.69) is 21.3 Å². The number of likely N-dealkylation sites (N-methyl/N-ethyl adjacent to an activating group) is 1. The zero-order chi connectivity index (χ0) is 43.2. The molecule has 1 unspecified atom stereocenters. The Morgan fingerprint density at radius 3 is 2.17 bits per heavy atom. The van der Waals surface area contributed by atoms with Crippen molar-refractivity contribution in [2.45, 2.75) is 134 Å². The molecule has 3 aliphatic rings. The summed E-state index contributed by atoms with van der Waals surface area (Å²) < 4.78 is 52.3. The van der Waals surface area contributed by atoms with Crippen molar-refractivity contribution in [1.82, 2.24) is 31.1 Å². The van der Waals surface area contributed by atoms with E-state index in [-0.39, 0.29) is 18.9 Å². The minimum atomic E-state index is -4.77. The van der Waals surface area contributed by atoms with Crippen LogP contribution in [-0.2, 0) is 38.2 Å². The minimum Gasteiger partial charge on any atom is -0.444 e. The summed E-state index contributed by atoms with van der Waals surface area (Å²) in [5, 5.41) is 9.64. The van der Waals surface area contributed by atoms with Crippen molar-refractivity contribution in [2.75, 3.05) is 27.2 Å². The van der Waals surface area contributed by atoms with Crippen LogP contribution in [0.3, 0.4) is 0 Å². The normalized spacial score (nSPS) is 22.1. The maximum Gasteiger partial charge on any atom is 0.408 e. The average molecular weight is 823 g/mol. The van der Waals surface area contributed by atoms with Crippen LogP contribution in [0.4, 0.5) is 18.0 Å². The highest BCUT2D eigenvalue weighted by Crippen LogP contribution is 2.43. The summed E-state index contributed by atoms with van der Waals surface area (Å²) >= 11 is 0. The third-order valence-corrected chi connectivity index (χ3v) is 10.5. The standard InChI is InChI=1S/C40H57F3N6O9/c1-38(2,3)58-37(56)47-30(24-16-12-9-13-17-24)36(55)49-22-27-25(20-39(4,5)57-27)31(49)33(52)45-26(18-19-40(41,42)43)32(51)34(53)44-21-28(50)46-29(35(54)48(6)7)23-14-10-8-11-15-23/h8,10-11,14-15,24-27,29-31H,9,12-13,16-22H2,1-7H3,(H,44,53)(H,45,52)(H,46,50)(H,47,56)/t25-,26?,27-,29-,30-,31-/m0/s1. The Balaban J connectivity index is 1.55. The highest BCUT2D eigenvalue weighted by Gasteiger charge is 2.56. The molecule has 6 amide bonds. The number of Topliss-reactive ketones (excluding diaryl/α,β-unsaturated/α-hetero) is 1. The summed E-state index contributed by atoms with van der Waals surface area (Å²) in [4.78, 5) is 96.7. The van der Waals surface area contributed by atoms with Crippen LogP contribution in [-0.4, -0.2) is 120 Å². The van der Waals surface area contributed by atoms with E-state index in [9.17, 15) is 46.7 Å². The smallest absolute Gasteiger partial charge is 0.408 e. The molecule has 0 spiro atoms. The largest absolute Gasteiger partial charge is 0.444 e. The number of benzene rings is 1. The van der Waals surface area contributed by atoms with Crippen LogP contribution < -0.4 is 21.3 Å². The quantitative estimate of drug-likeness (QED) is 0.204. The Morgan fingerprint density at radius 2 is 1.59 bits per heavy atom. The molecule has 4 N–H and O–H groups in total. The predicted molar refractivity (Wildman–Crippen MR) is 204 cm³/mol. The lowest BCUT2D eigenvalue weighted by molar-refractivity contribution is -0.148. The molecule has 6 atom stereocenters. The number of fused-ring (bicyclic) bond motifs is 1. The molecule has 58 heavy (non-hydrogen) atoms. The molecule has 0 aromatic heterocycles. The summed E-state index contributed by atoms with van der Waals surface area (Å²) in [6.45, 7) is 7.74. The van der Waals surface area contributed by atoms with Gasteiger partial charge in [-0.15, -0.1) is 0 Å². The first-order chi connectivity index (χ1) is 27.0. The molecule has 1 aliphatic carbocycles. The second kappa shape index (κ2) is 18.9. The summed E-state index contributed by atoms with van der Waals surface area (Å²) in [6, 6.07) is 2.68. The first kappa shape index (κ1) is 46.0. The number of likely N-dealkylation sites (tertiary alicyclic amines) is 1. The number of nitrogens with one attached hydrogen (secondary N) is 4. The lowest BCUT2D eigenvalue weighted by Gasteiger charge is -2.36. The Hall–Kier alpha value is -4.74. The zero-order valence-electron chi connectivity index (χ0n) is 34.2. The molecule has 3 fully saturated rings. The minimum absolute atomic E-state index is 0.0682. The van der Waals surface area contributed by atoms with Crippen molar-refractivity contribution in [3.8, 4) is 0 Å². The fourth-order valence-corrected chi connectivity index (χ4v) is 7.94. The first-order valence-electron chi connectivity index (χ1n) is 19.7. The first-order valence-corrected chi connectivity index (χ1v) is 19.7. The van der Waals surface area contributed by atoms with Crippen LogP contribution in [0.5, 0.6) is 0 Å². The molecular weight excluding hydrogens is 765 g/mol. The topological polar surface area (TPSA) is 193 Å². The number of alkyl halides is 3. The number of alkyl carbamates (subject to hydrolysis) is 1. The molecule has 2 saturated heterocycles. The van der Waals surface area contributed by atoms with E-state index in [0.717, 1.165) is 19.3 Å². The molecule has 4 rings (SSSR count). The van der Waals surface area contributed by atoms with E-state index in [0.29, 0.717) is 18.4 Å². The molecule has 322 valence electrons. The molecule has 15 nitrogen and oxygen atoms in total. The van der Waals surface area contributed by atoms with Gasteiger partial charge in [-0.1, -0.05) is 49.6 Å². The van der Waals surface area contributed by atoms with Crippen LogP contribution in [0.25, 0.3) is 0 Å². The molecule has 1 saturated carbocycles. The average Bonchev–Trinajstić information content (AvgIpc) is 3.63. The molecule has 0 bridgehead atoms. The van der Waals surface area contributed by atoms with E-state index < -0.39 is 114 Å². The number of ether oxygens (including phenoxy) is 2. The van der Waals surface area contributed by atoms with Crippen LogP contribution in [0.2, 0.25) is 0 Å². The van der Waals surface area contributed by atoms with Crippen LogP contribution >= 0.6 is 0 Å². The Labute approximate surface area is 336 Å². The van der Waals surface area contributed by atoms with Gasteiger partial charge in [-0.3, -0.25) is 28.8 Å². The summed E-state index contributed by atoms with van der Waals surface area (Å²) in [5.74, 6) is -6.75. The lowest BCUT2D eigenvalue weighted by atomic mass is 9.83. The number of ketones is 1. The second-order valence-electron chi connectivity index (χ2n) is 17.1. The number of amides is 6. The van der Waals surface area contributed by atoms with Gasteiger partial charge in [0.1, 0.15) is 23.7 Å². The van der Waals surface area contributed by atoms with Gasteiger partial charge >= 0.3 is 12.3 Å². The number of rotatable bonds is 14. The summed E-state index contributed by atoms with van der Waals surface area (Å²) in [7, 11) is 2.97. The molecule has 0 radical (unpaired) electrons. The number of nitrogens with zero attached hydrogens (tertiary/aromatic N) is 2. The van der Waals surface area contributed by atoms with Crippen molar-refractivity contribution in [3.63, 3.8) is 0 Å². The molecule has 18 heteroatoms. The number of hydrogen-bond acceptors (Lipinski definition) is 9. The van der Waals surface area contributed by atoms with Gasteiger partial charge in [0.2, 0.25) is 29.4 Å². The van der Waals surface area contributed by atoms with Crippen LogP contribution in [0.15, 0.2) is 30.3 Å². The fraction of sp³-hybridized carbons (Fsp3) is 0.675. The van der Waals surface area contributed by atoms with Crippen molar-refractivity contribution < 1.29 is 56.2 Å². The van der Waals surface area contributed by atoms with Gasteiger partial charge in [-0.2, -0.15) is 13.2 Å². The van der Waals surface area contributed by atoms with Crippen molar-refractivity contribution in [1.29, 1.82) is 0 Å². The van der Waals surface area contributed by atoms with Gasteiger partial charge in [0.15, 0.2) is 0 Å². The Kier molecular flexibility index (Phi) is 15.0. The SMILES string of the molecule is CN(C)C(=O)[C@@H](NC(=O)CNC(=O)C(=O)C(CCC(F)(F)F)NC(=O)[C@@H]1[C@H]2CC(C)(C)O[C@H]2CN1C(=O)[C@@H](NC(=O)OC(C)(C)C)C1CCCCC1)c1ccccc1. The third-order valence-electron chi connectivity index (χ3n) is 10.5. The van der Waals surface area contributed by atoms with Gasteiger partial charge in [-0.05, 0) is 71.8 Å². The zero-order valence-corrected chi connectivity index (χ0v) is 34.2. The van der Waals surface area contributed by atoms with Gasteiger partial charge < -0.3 is 40.5 Å². The number of halogens is 3. The van der Waals surface area contributed by atoms with E-state index >= 15 is 0 Å². The molecule has 2 heterocycles. The Bertz CT molecular complexity index is 1680. The molecule has 1 aromatic carbocycles. The van der Waals surface area contributed by atoms with Gasteiger partial charge in [0, 0.05) is 33.0 Å². The molecule has 2 aliphatic heterocycles. The second-order valence-corrected chi connectivity index (χ2v) is 17.1. The maximum absolute atomic E-state index is 14.5. The predicted octanol–water partition coefficient (Wildman–Crippen LogP) is 3.31. The van der Waals surface area contributed by atoms with Crippen molar-refractivity contribution >= 4 is 41.4 Å². The number of hydrogen-bond donors (Lipinski definition) is 4. The van der Waals surface area contributed by atoms with Crippen LogP contribution in [0, 0.1) is 11.8 Å². The van der Waals surface area contributed by atoms with Crippen molar-refractivity contribution in [2.24, 2.45) is 11.8 Å². The van der Waals surface area contributed by atoms with Gasteiger partial charge in [-0.25, -0.2) is 4.79 Å². The van der Waals surface area contributed by atoms with Gasteiger partial charge in [0.25, 0.3) is 5.91 Å². The van der Waals surface area contributed by atoms with Gasteiger partial charge in [0.05, 0.1) is 24.3 Å². The highest BCUT2D eigenvalue weighted by atomic mass is 19.4. The lowest BCUT2D eigenvalue weighted by Crippen LogP contribution is -2.59. The number of carbonyl (C=O) groups excluding carboxylic acids is 7. The van der Waals surface area contributed by atoms with Crippen molar-refractivity contribution in [3.05, 3.63) is 35.9 Å². The van der Waals surface area contributed by atoms with E-state index in [1.54, 1.807) is 65.0 Å². The third kappa shape index (κ3) is 12.6. The maximum atomic E-state index is 14.5. The van der Waals surface area contributed by atoms with E-state index in [1.165, 1.54) is 23.9 Å². The molecular formula is C40H57F3N6O9.